The number of carbonyl (C=O) groups excluding carboxylic acids is 1. The summed E-state index contributed by atoms with van der Waals surface area (Å²) in [5.74, 6) is 0.0550. The SMILES string of the molecule is CCN1CCN(C(=O)c2cc(Cl)ccc2NC)CC1C. The van der Waals surface area contributed by atoms with E-state index in [2.05, 4.69) is 24.1 Å². The Balaban J connectivity index is 2.18. The molecule has 20 heavy (non-hydrogen) atoms. The van der Waals surface area contributed by atoms with Crippen molar-refractivity contribution in [1.82, 2.24) is 9.80 Å². The van der Waals surface area contributed by atoms with Crippen LogP contribution in [0.1, 0.15) is 24.2 Å². The number of nitrogens with one attached hydrogen (secondary N) is 1. The maximum Gasteiger partial charge on any atom is 0.256 e. The third-order valence-corrected chi connectivity index (χ3v) is 4.17. The van der Waals surface area contributed by atoms with Gasteiger partial charge in [-0.05, 0) is 31.7 Å². The molecule has 1 unspecified atom stereocenters. The normalized spacial score (nSPS) is 20.0. The van der Waals surface area contributed by atoms with Gasteiger partial charge in [0.25, 0.3) is 5.91 Å². The van der Waals surface area contributed by atoms with E-state index in [-0.39, 0.29) is 5.91 Å². The summed E-state index contributed by atoms with van der Waals surface area (Å²) >= 11 is 6.02. The number of benzene rings is 1. The standard InChI is InChI=1S/C15H22ClN3O/c1-4-18-7-8-19(10-11(18)2)15(20)13-9-12(16)5-6-14(13)17-3/h5-6,9,11,17H,4,7-8,10H2,1-3H3. The molecule has 1 aliphatic rings. The molecule has 1 aromatic carbocycles. The zero-order valence-electron chi connectivity index (χ0n) is 12.3. The van der Waals surface area contributed by atoms with Gasteiger partial charge < -0.3 is 10.2 Å². The van der Waals surface area contributed by atoms with Crippen molar-refractivity contribution in [3.8, 4) is 0 Å². The van der Waals surface area contributed by atoms with Crippen LogP contribution in [-0.2, 0) is 0 Å². The zero-order chi connectivity index (χ0) is 14.7. The summed E-state index contributed by atoms with van der Waals surface area (Å²) in [5.41, 5.74) is 1.47. The lowest BCUT2D eigenvalue weighted by molar-refractivity contribution is 0.0529. The number of amides is 1. The van der Waals surface area contributed by atoms with E-state index in [0.717, 1.165) is 31.9 Å². The highest BCUT2D eigenvalue weighted by Crippen LogP contribution is 2.23. The Bertz CT molecular complexity index is 492. The smallest absolute Gasteiger partial charge is 0.256 e. The van der Waals surface area contributed by atoms with Gasteiger partial charge in [0, 0.05) is 43.4 Å². The van der Waals surface area contributed by atoms with E-state index >= 15 is 0 Å². The molecule has 0 spiro atoms. The summed E-state index contributed by atoms with van der Waals surface area (Å²) in [6.07, 6.45) is 0. The molecule has 0 saturated carbocycles. The number of hydrogen-bond acceptors (Lipinski definition) is 3. The van der Waals surface area contributed by atoms with Crippen LogP contribution in [0, 0.1) is 0 Å². The minimum absolute atomic E-state index is 0.0550. The second-order valence-electron chi connectivity index (χ2n) is 5.17. The molecule has 1 N–H and O–H groups in total. The van der Waals surface area contributed by atoms with Crippen LogP contribution in [0.15, 0.2) is 18.2 Å². The first-order valence-electron chi connectivity index (χ1n) is 7.07. The number of nitrogens with zero attached hydrogens (tertiary/aromatic N) is 2. The van der Waals surface area contributed by atoms with E-state index in [1.165, 1.54) is 0 Å². The fraction of sp³-hybridized carbons (Fsp3) is 0.533. The molecule has 110 valence electrons. The predicted octanol–water partition coefficient (Wildman–Crippen LogP) is 2.55. The highest BCUT2D eigenvalue weighted by molar-refractivity contribution is 6.31. The Labute approximate surface area is 125 Å². The lowest BCUT2D eigenvalue weighted by Crippen LogP contribution is -2.53. The molecule has 1 amide bonds. The molecule has 1 aromatic rings. The van der Waals surface area contributed by atoms with Crippen LogP contribution in [0.2, 0.25) is 5.02 Å². The van der Waals surface area contributed by atoms with Gasteiger partial charge >= 0.3 is 0 Å². The van der Waals surface area contributed by atoms with Gasteiger partial charge in [-0.2, -0.15) is 0 Å². The molecule has 1 fully saturated rings. The maximum atomic E-state index is 12.7. The minimum atomic E-state index is 0.0550. The number of hydrogen-bond donors (Lipinski definition) is 1. The first-order chi connectivity index (χ1) is 9.56. The van der Waals surface area contributed by atoms with Gasteiger partial charge in [-0.1, -0.05) is 18.5 Å². The van der Waals surface area contributed by atoms with Gasteiger partial charge in [0.1, 0.15) is 0 Å². The molecule has 4 nitrogen and oxygen atoms in total. The number of likely N-dealkylation sites (N-methyl/N-ethyl adjacent to an activating group) is 1. The van der Waals surface area contributed by atoms with Gasteiger partial charge in [0.2, 0.25) is 0 Å². The van der Waals surface area contributed by atoms with E-state index in [1.807, 2.05) is 18.0 Å². The van der Waals surface area contributed by atoms with E-state index in [1.54, 1.807) is 12.1 Å². The molecule has 1 heterocycles. The number of piperazine rings is 1. The molecular formula is C15H22ClN3O. The Morgan fingerprint density at radius 3 is 2.80 bits per heavy atom. The van der Waals surface area contributed by atoms with E-state index in [0.29, 0.717) is 16.6 Å². The Kier molecular flexibility index (Phi) is 4.89. The number of rotatable bonds is 3. The second kappa shape index (κ2) is 6.46. The Morgan fingerprint density at radius 2 is 2.20 bits per heavy atom. The molecular weight excluding hydrogens is 274 g/mol. The monoisotopic (exact) mass is 295 g/mol. The third-order valence-electron chi connectivity index (χ3n) is 3.94. The molecule has 0 bridgehead atoms. The summed E-state index contributed by atoms with van der Waals surface area (Å²) in [4.78, 5) is 17.0. The van der Waals surface area contributed by atoms with E-state index < -0.39 is 0 Å². The fourth-order valence-corrected chi connectivity index (χ4v) is 2.90. The Morgan fingerprint density at radius 1 is 1.45 bits per heavy atom. The highest BCUT2D eigenvalue weighted by Gasteiger charge is 2.27. The summed E-state index contributed by atoms with van der Waals surface area (Å²) < 4.78 is 0. The third kappa shape index (κ3) is 3.07. The summed E-state index contributed by atoms with van der Waals surface area (Å²) in [7, 11) is 1.82. The number of anilines is 1. The first-order valence-corrected chi connectivity index (χ1v) is 7.45. The van der Waals surface area contributed by atoms with Crippen molar-refractivity contribution >= 4 is 23.2 Å². The van der Waals surface area contributed by atoms with Crippen LogP contribution in [0.3, 0.4) is 0 Å². The summed E-state index contributed by atoms with van der Waals surface area (Å²) in [6, 6.07) is 5.78. The van der Waals surface area contributed by atoms with Crippen molar-refractivity contribution in [1.29, 1.82) is 0 Å². The molecule has 5 heteroatoms. The van der Waals surface area contributed by atoms with Gasteiger partial charge in [-0.15, -0.1) is 0 Å². The number of carbonyl (C=O) groups is 1. The minimum Gasteiger partial charge on any atom is -0.387 e. The fourth-order valence-electron chi connectivity index (χ4n) is 2.73. The van der Waals surface area contributed by atoms with Crippen LogP contribution in [0.4, 0.5) is 5.69 Å². The molecule has 1 atom stereocenters. The van der Waals surface area contributed by atoms with Crippen molar-refractivity contribution in [2.45, 2.75) is 19.9 Å². The second-order valence-corrected chi connectivity index (χ2v) is 5.61. The van der Waals surface area contributed by atoms with Crippen LogP contribution in [-0.4, -0.2) is 55.0 Å². The molecule has 0 aliphatic carbocycles. The van der Waals surface area contributed by atoms with Crippen molar-refractivity contribution < 1.29 is 4.79 Å². The van der Waals surface area contributed by atoms with Crippen LogP contribution in [0.5, 0.6) is 0 Å². The zero-order valence-corrected chi connectivity index (χ0v) is 13.1. The lowest BCUT2D eigenvalue weighted by Gasteiger charge is -2.39. The first kappa shape index (κ1) is 15.1. The average molecular weight is 296 g/mol. The van der Waals surface area contributed by atoms with Crippen molar-refractivity contribution in [3.63, 3.8) is 0 Å². The quantitative estimate of drug-likeness (QED) is 0.931. The van der Waals surface area contributed by atoms with Gasteiger partial charge in [0.05, 0.1) is 5.56 Å². The summed E-state index contributed by atoms with van der Waals surface area (Å²) in [6.45, 7) is 7.82. The van der Waals surface area contributed by atoms with Gasteiger partial charge in [-0.25, -0.2) is 0 Å². The maximum absolute atomic E-state index is 12.7. The van der Waals surface area contributed by atoms with Crippen molar-refractivity contribution in [2.24, 2.45) is 0 Å². The molecule has 1 saturated heterocycles. The molecule has 0 radical (unpaired) electrons. The summed E-state index contributed by atoms with van der Waals surface area (Å²) in [5, 5.41) is 3.65. The topological polar surface area (TPSA) is 35.6 Å². The highest BCUT2D eigenvalue weighted by atomic mass is 35.5. The lowest BCUT2D eigenvalue weighted by atomic mass is 10.1. The largest absolute Gasteiger partial charge is 0.387 e. The number of halogens is 1. The Hall–Kier alpha value is -1.26. The van der Waals surface area contributed by atoms with Crippen LogP contribution in [0.25, 0.3) is 0 Å². The van der Waals surface area contributed by atoms with Crippen LogP contribution < -0.4 is 5.32 Å². The van der Waals surface area contributed by atoms with Crippen molar-refractivity contribution in [2.75, 3.05) is 38.5 Å². The van der Waals surface area contributed by atoms with Gasteiger partial charge in [0.15, 0.2) is 0 Å². The van der Waals surface area contributed by atoms with E-state index in [4.69, 9.17) is 11.6 Å². The molecule has 1 aliphatic heterocycles. The molecule has 0 aromatic heterocycles. The van der Waals surface area contributed by atoms with Gasteiger partial charge in [-0.3, -0.25) is 9.69 Å². The molecule has 2 rings (SSSR count). The van der Waals surface area contributed by atoms with Crippen molar-refractivity contribution in [3.05, 3.63) is 28.8 Å². The van der Waals surface area contributed by atoms with Crippen LogP contribution >= 0.6 is 11.6 Å². The van der Waals surface area contributed by atoms with E-state index in [9.17, 15) is 4.79 Å². The predicted molar refractivity (Wildman–Crippen MR) is 83.6 cm³/mol. The average Bonchev–Trinajstić information content (AvgIpc) is 2.46.